The maximum atomic E-state index is 12.9. The molecule has 0 bridgehead atoms. The second-order valence-electron chi connectivity index (χ2n) is 9.63. The van der Waals surface area contributed by atoms with Gasteiger partial charge >= 0.3 is 5.97 Å². The van der Waals surface area contributed by atoms with E-state index in [2.05, 4.69) is 4.90 Å². The molecule has 0 saturated heterocycles. The topological polar surface area (TPSA) is 112 Å². The van der Waals surface area contributed by atoms with Crippen LogP contribution in [0.5, 0.6) is 17.2 Å². The molecule has 2 aromatic heterocycles. The summed E-state index contributed by atoms with van der Waals surface area (Å²) in [7, 11) is 4.49. The molecule has 0 radical (unpaired) electrons. The van der Waals surface area contributed by atoms with Gasteiger partial charge in [-0.15, -0.1) is 0 Å². The molecule has 1 N–H and O–H groups in total. The van der Waals surface area contributed by atoms with Crippen molar-refractivity contribution in [3.63, 3.8) is 0 Å². The molecule has 208 valence electrons. The van der Waals surface area contributed by atoms with Crippen LogP contribution in [0.2, 0.25) is 0 Å². The van der Waals surface area contributed by atoms with Gasteiger partial charge < -0.3 is 28.2 Å². The summed E-state index contributed by atoms with van der Waals surface area (Å²) in [4.78, 5) is 27.4. The average Bonchev–Trinajstić information content (AvgIpc) is 3.47. The van der Waals surface area contributed by atoms with Gasteiger partial charge in [0, 0.05) is 24.7 Å². The summed E-state index contributed by atoms with van der Waals surface area (Å²) in [5, 5.41) is 10.8. The van der Waals surface area contributed by atoms with E-state index in [0.717, 1.165) is 24.1 Å². The molecule has 0 spiro atoms. The van der Waals surface area contributed by atoms with Crippen molar-refractivity contribution in [2.45, 2.75) is 31.8 Å². The fourth-order valence-electron chi connectivity index (χ4n) is 5.04. The van der Waals surface area contributed by atoms with Crippen LogP contribution in [0, 0.1) is 0 Å². The number of hydrogen-bond acceptors (Lipinski definition) is 9. The third-order valence-corrected chi connectivity index (χ3v) is 7.12. The Labute approximate surface area is 231 Å². The highest BCUT2D eigenvalue weighted by Gasteiger charge is 2.30. The molecule has 0 amide bonds. The number of fused-ring (bicyclic) bond motifs is 1. The van der Waals surface area contributed by atoms with Crippen LogP contribution in [-0.2, 0) is 29.0 Å². The van der Waals surface area contributed by atoms with E-state index in [1.807, 2.05) is 42.5 Å². The number of methoxy groups -OCH3 is 3. The van der Waals surface area contributed by atoms with Crippen LogP contribution in [-0.4, -0.2) is 43.8 Å². The van der Waals surface area contributed by atoms with E-state index in [0.29, 0.717) is 41.9 Å². The van der Waals surface area contributed by atoms with E-state index < -0.39 is 23.1 Å². The van der Waals surface area contributed by atoms with E-state index in [1.54, 1.807) is 26.4 Å². The lowest BCUT2D eigenvalue weighted by molar-refractivity contribution is -0.141. The molecule has 3 heterocycles. The summed E-state index contributed by atoms with van der Waals surface area (Å²) in [6.45, 7) is 1.67. The van der Waals surface area contributed by atoms with Gasteiger partial charge in [-0.3, -0.25) is 14.5 Å². The number of aromatic hydroxyl groups is 1. The van der Waals surface area contributed by atoms with Crippen molar-refractivity contribution in [3.05, 3.63) is 99.3 Å². The van der Waals surface area contributed by atoms with Gasteiger partial charge in [0.15, 0.2) is 17.3 Å². The van der Waals surface area contributed by atoms with Gasteiger partial charge in [-0.25, -0.2) is 0 Å². The minimum Gasteiger partial charge on any atom is -0.502 e. The third kappa shape index (κ3) is 5.60. The Morgan fingerprint density at radius 2 is 1.70 bits per heavy atom. The normalized spacial score (nSPS) is 13.9. The first-order valence-corrected chi connectivity index (χ1v) is 12.9. The lowest BCUT2D eigenvalue weighted by Gasteiger charge is -2.29. The van der Waals surface area contributed by atoms with Gasteiger partial charge in [0.2, 0.25) is 11.2 Å². The first-order chi connectivity index (χ1) is 19.4. The summed E-state index contributed by atoms with van der Waals surface area (Å²) in [6, 6.07) is 18.2. The Bertz CT molecular complexity index is 1560. The minimum absolute atomic E-state index is 0.0364. The predicted octanol–water partition coefficient (Wildman–Crippen LogP) is 4.88. The van der Waals surface area contributed by atoms with E-state index in [1.165, 1.54) is 18.7 Å². The Hall–Kier alpha value is -4.50. The summed E-state index contributed by atoms with van der Waals surface area (Å²) in [6.07, 6.45) is 0.599. The number of furan rings is 1. The van der Waals surface area contributed by atoms with Crippen molar-refractivity contribution < 1.29 is 32.9 Å². The Morgan fingerprint density at radius 1 is 0.975 bits per heavy atom. The van der Waals surface area contributed by atoms with Crippen LogP contribution >= 0.6 is 0 Å². The van der Waals surface area contributed by atoms with Crippen molar-refractivity contribution in [1.82, 2.24) is 4.90 Å². The molecule has 1 aliphatic heterocycles. The zero-order chi connectivity index (χ0) is 28.2. The van der Waals surface area contributed by atoms with Gasteiger partial charge in [-0.1, -0.05) is 30.3 Å². The molecule has 5 rings (SSSR count). The van der Waals surface area contributed by atoms with Crippen molar-refractivity contribution in [1.29, 1.82) is 0 Å². The van der Waals surface area contributed by atoms with Crippen LogP contribution in [0.25, 0.3) is 11.3 Å². The first kappa shape index (κ1) is 27.1. The van der Waals surface area contributed by atoms with Crippen molar-refractivity contribution in [3.8, 4) is 28.6 Å². The van der Waals surface area contributed by atoms with E-state index in [9.17, 15) is 14.7 Å². The molecular weight excluding hydrogens is 514 g/mol. The van der Waals surface area contributed by atoms with Crippen molar-refractivity contribution in [2.24, 2.45) is 0 Å². The lowest BCUT2D eigenvalue weighted by atomic mass is 9.97. The van der Waals surface area contributed by atoms with Crippen molar-refractivity contribution >= 4 is 5.97 Å². The molecule has 9 nitrogen and oxygen atoms in total. The predicted molar refractivity (Wildman–Crippen MR) is 147 cm³/mol. The number of carbonyl (C=O) groups excluding carboxylic acids is 1. The molecular formula is C31H31NO8. The van der Waals surface area contributed by atoms with E-state index in [4.69, 9.17) is 23.0 Å². The number of benzene rings is 2. The fourth-order valence-corrected chi connectivity index (χ4v) is 5.04. The number of rotatable bonds is 9. The van der Waals surface area contributed by atoms with Crippen LogP contribution in [0.4, 0.5) is 0 Å². The third-order valence-electron chi connectivity index (χ3n) is 7.12. The fraction of sp³-hybridized carbons (Fsp3) is 0.290. The molecule has 1 aliphatic rings. The van der Waals surface area contributed by atoms with E-state index in [-0.39, 0.29) is 12.2 Å². The summed E-state index contributed by atoms with van der Waals surface area (Å²) in [5.74, 6) is 0.668. The van der Waals surface area contributed by atoms with Crippen LogP contribution in [0.3, 0.4) is 0 Å². The van der Waals surface area contributed by atoms with Crippen LogP contribution in [0.15, 0.2) is 74.3 Å². The van der Waals surface area contributed by atoms with Gasteiger partial charge in [0.25, 0.3) is 0 Å². The quantitative estimate of drug-likeness (QED) is 0.294. The molecule has 0 saturated carbocycles. The van der Waals surface area contributed by atoms with Crippen molar-refractivity contribution in [2.75, 3.05) is 27.9 Å². The second-order valence-corrected chi connectivity index (χ2v) is 9.63. The standard InChI is InChI=1S/C31H31NO8/c1-36-27-13-20-11-12-32(17-21(20)14-28(27)37-2)18-22-15-24(33)30(35)31(39-22)23(16-29(34)38-3)26-10-9-25(40-26)19-7-5-4-6-8-19/h4-10,13-15,23,35H,11-12,16-18H2,1-3H3. The van der Waals surface area contributed by atoms with Gasteiger partial charge in [0.05, 0.1) is 40.2 Å². The number of esters is 1. The van der Waals surface area contributed by atoms with Crippen LogP contribution < -0.4 is 14.9 Å². The number of ether oxygens (including phenoxy) is 3. The molecule has 1 unspecified atom stereocenters. The first-order valence-electron chi connectivity index (χ1n) is 12.9. The molecule has 0 aliphatic carbocycles. The maximum absolute atomic E-state index is 12.9. The average molecular weight is 546 g/mol. The summed E-state index contributed by atoms with van der Waals surface area (Å²) in [5.41, 5.74) is 2.53. The molecule has 40 heavy (non-hydrogen) atoms. The monoisotopic (exact) mass is 545 g/mol. The highest BCUT2D eigenvalue weighted by atomic mass is 16.5. The Kier molecular flexibility index (Phi) is 7.93. The number of nitrogens with zero attached hydrogens (tertiary/aromatic N) is 1. The zero-order valence-corrected chi connectivity index (χ0v) is 22.6. The highest BCUT2D eigenvalue weighted by molar-refractivity contribution is 5.71. The summed E-state index contributed by atoms with van der Waals surface area (Å²) < 4.78 is 28.0. The minimum atomic E-state index is -0.864. The van der Waals surface area contributed by atoms with E-state index >= 15 is 0 Å². The molecule has 4 aromatic rings. The maximum Gasteiger partial charge on any atom is 0.306 e. The smallest absolute Gasteiger partial charge is 0.306 e. The van der Waals surface area contributed by atoms with Gasteiger partial charge in [-0.2, -0.15) is 0 Å². The molecule has 9 heteroatoms. The number of hydrogen-bond donors (Lipinski definition) is 1. The zero-order valence-electron chi connectivity index (χ0n) is 22.6. The van der Waals surface area contributed by atoms with Gasteiger partial charge in [0.1, 0.15) is 17.3 Å². The second kappa shape index (κ2) is 11.7. The Morgan fingerprint density at radius 3 is 2.40 bits per heavy atom. The lowest BCUT2D eigenvalue weighted by Crippen LogP contribution is -2.30. The largest absolute Gasteiger partial charge is 0.502 e. The molecule has 0 fully saturated rings. The highest BCUT2D eigenvalue weighted by Crippen LogP contribution is 2.37. The SMILES string of the molecule is COC(=O)CC(c1ccc(-c2ccccc2)o1)c1oc(CN2CCc3cc(OC)c(OC)cc3C2)cc(=O)c1O. The summed E-state index contributed by atoms with van der Waals surface area (Å²) >= 11 is 0. The molecule has 2 aromatic carbocycles. The molecule has 1 atom stereocenters. The Balaban J connectivity index is 1.45. The van der Waals surface area contributed by atoms with Gasteiger partial charge in [-0.05, 0) is 41.8 Å². The number of carbonyl (C=O) groups is 1. The van der Waals surface area contributed by atoms with Crippen LogP contribution in [0.1, 0.15) is 40.7 Å².